The molecule has 0 spiro atoms. The van der Waals surface area contributed by atoms with Crippen molar-refractivity contribution in [3.8, 4) is 0 Å². The highest BCUT2D eigenvalue weighted by Gasteiger charge is 2.60. The number of nitrogens with one attached hydrogen (secondary N) is 1. The summed E-state index contributed by atoms with van der Waals surface area (Å²) in [5, 5.41) is 3.07. The monoisotopic (exact) mass is 298 g/mol. The van der Waals surface area contributed by atoms with Crippen LogP contribution in [0.1, 0.15) is 32.9 Å². The van der Waals surface area contributed by atoms with Crippen LogP contribution in [0.3, 0.4) is 0 Å². The van der Waals surface area contributed by atoms with E-state index >= 15 is 0 Å². The van der Waals surface area contributed by atoms with E-state index in [1.807, 2.05) is 6.92 Å². The van der Waals surface area contributed by atoms with Crippen molar-refractivity contribution in [2.24, 2.45) is 0 Å². The Balaban J connectivity index is 2.07. The van der Waals surface area contributed by atoms with E-state index in [4.69, 9.17) is 0 Å². The first kappa shape index (κ1) is 14.7. The van der Waals surface area contributed by atoms with Crippen molar-refractivity contribution in [3.63, 3.8) is 0 Å². The molecule has 7 nitrogen and oxygen atoms in total. The van der Waals surface area contributed by atoms with Crippen molar-refractivity contribution < 1.29 is 13.2 Å². The Morgan fingerprint density at radius 3 is 2.50 bits per heavy atom. The van der Waals surface area contributed by atoms with E-state index < -0.39 is 20.7 Å². The minimum Gasteiger partial charge on any atom is -0.369 e. The molecule has 0 aromatic carbocycles. The molecule has 1 fully saturated rings. The average Bonchev–Trinajstić information content (AvgIpc) is 2.42. The van der Waals surface area contributed by atoms with Gasteiger partial charge in [0.25, 0.3) is 15.9 Å². The van der Waals surface area contributed by atoms with Crippen molar-refractivity contribution in [1.29, 1.82) is 0 Å². The minimum absolute atomic E-state index is 0.0638. The lowest BCUT2D eigenvalue weighted by atomic mass is 10.2. The molecule has 110 valence electrons. The summed E-state index contributed by atoms with van der Waals surface area (Å²) in [4.78, 5) is 20.0. The van der Waals surface area contributed by atoms with E-state index in [1.54, 1.807) is 0 Å². The number of hydrogen-bond acceptors (Lipinski definition) is 6. The molecule has 1 aliphatic rings. The first-order valence-corrected chi connectivity index (χ1v) is 7.86. The number of carbonyl (C=O) groups excluding carboxylic acids is 1. The van der Waals surface area contributed by atoms with Crippen molar-refractivity contribution >= 4 is 21.7 Å². The van der Waals surface area contributed by atoms with Crippen molar-refractivity contribution in [1.82, 2.24) is 14.3 Å². The Kier molecular flexibility index (Phi) is 3.68. The topological polar surface area (TPSA) is 92.3 Å². The molecule has 1 N–H and O–H groups in total. The maximum Gasteiger partial charge on any atom is 0.259 e. The van der Waals surface area contributed by atoms with Crippen LogP contribution in [0.15, 0.2) is 12.4 Å². The summed E-state index contributed by atoms with van der Waals surface area (Å²) in [7, 11) is -3.57. The van der Waals surface area contributed by atoms with Crippen molar-refractivity contribution in [2.45, 2.75) is 38.5 Å². The van der Waals surface area contributed by atoms with Crippen LogP contribution >= 0.6 is 0 Å². The van der Waals surface area contributed by atoms with Gasteiger partial charge in [0.15, 0.2) is 4.75 Å². The highest BCUT2D eigenvalue weighted by Crippen LogP contribution is 2.35. The Labute approximate surface area is 118 Å². The zero-order chi connectivity index (χ0) is 15.0. The number of rotatable bonds is 5. The second-order valence-corrected chi connectivity index (χ2v) is 7.56. The predicted molar refractivity (Wildman–Crippen MR) is 74.4 cm³/mol. The summed E-state index contributed by atoms with van der Waals surface area (Å²) in [6, 6.07) is 0. The fourth-order valence-electron chi connectivity index (χ4n) is 1.84. The van der Waals surface area contributed by atoms with Gasteiger partial charge in [-0.1, -0.05) is 6.92 Å². The van der Waals surface area contributed by atoms with Gasteiger partial charge >= 0.3 is 0 Å². The molecular formula is C12H18N4O3S. The summed E-state index contributed by atoms with van der Waals surface area (Å²) in [6.45, 7) is 5.58. The lowest BCUT2D eigenvalue weighted by Crippen LogP contribution is -2.66. The molecule has 8 heteroatoms. The van der Waals surface area contributed by atoms with Crippen LogP contribution in [-0.4, -0.2) is 39.9 Å². The van der Waals surface area contributed by atoms with Gasteiger partial charge in [-0.15, -0.1) is 0 Å². The van der Waals surface area contributed by atoms with E-state index in [2.05, 4.69) is 15.3 Å². The van der Waals surface area contributed by atoms with E-state index in [-0.39, 0.29) is 6.54 Å². The molecule has 2 rings (SSSR count). The first-order valence-electron chi connectivity index (χ1n) is 6.42. The third kappa shape index (κ3) is 2.24. The van der Waals surface area contributed by atoms with E-state index in [9.17, 15) is 13.2 Å². The fraction of sp³-hybridized carbons (Fsp3) is 0.583. The summed E-state index contributed by atoms with van der Waals surface area (Å²) in [5.41, 5.74) is 0.444. The molecule has 0 unspecified atom stereocenters. The first-order chi connectivity index (χ1) is 9.30. The van der Waals surface area contributed by atoms with Gasteiger partial charge in [-0.2, -0.15) is 0 Å². The van der Waals surface area contributed by atoms with E-state index in [1.165, 1.54) is 26.2 Å². The molecule has 1 saturated heterocycles. The number of nitrogens with zero attached hydrogens (tertiary/aromatic N) is 3. The molecule has 20 heavy (non-hydrogen) atoms. The number of amides is 1. The summed E-state index contributed by atoms with van der Waals surface area (Å²) in [6.07, 6.45) is 3.98. The molecule has 1 aromatic rings. The Bertz CT molecular complexity index is 610. The maximum absolute atomic E-state index is 11.9. The zero-order valence-electron chi connectivity index (χ0n) is 11.8. The number of sulfonamides is 1. The zero-order valence-corrected chi connectivity index (χ0v) is 12.6. The lowest BCUT2D eigenvalue weighted by Gasteiger charge is -2.42. The largest absolute Gasteiger partial charge is 0.369 e. The number of hydrogen-bond donors (Lipinski definition) is 1. The van der Waals surface area contributed by atoms with E-state index in [0.29, 0.717) is 11.5 Å². The molecule has 0 saturated carbocycles. The lowest BCUT2D eigenvalue weighted by molar-refractivity contribution is -0.132. The van der Waals surface area contributed by atoms with E-state index in [0.717, 1.165) is 17.3 Å². The molecule has 1 aromatic heterocycles. The van der Waals surface area contributed by atoms with Crippen LogP contribution in [0.2, 0.25) is 0 Å². The number of anilines is 1. The second-order valence-electron chi connectivity index (χ2n) is 5.15. The predicted octanol–water partition coefficient (Wildman–Crippen LogP) is 0.749. The molecular weight excluding hydrogens is 280 g/mol. The van der Waals surface area contributed by atoms with Gasteiger partial charge in [0, 0.05) is 6.54 Å². The molecule has 2 heterocycles. The van der Waals surface area contributed by atoms with Crippen LogP contribution in [0.4, 0.5) is 5.82 Å². The quantitative estimate of drug-likeness (QED) is 0.862. The molecule has 0 aliphatic carbocycles. The van der Waals surface area contributed by atoms with Crippen LogP contribution in [0, 0.1) is 0 Å². The second kappa shape index (κ2) is 5.01. The molecule has 1 aliphatic heterocycles. The highest BCUT2D eigenvalue weighted by molar-refractivity contribution is 7.94. The van der Waals surface area contributed by atoms with Crippen LogP contribution in [-0.2, 0) is 21.4 Å². The highest BCUT2D eigenvalue weighted by atomic mass is 32.2. The van der Waals surface area contributed by atoms with Gasteiger partial charge in [-0.25, -0.2) is 17.7 Å². The Hall–Kier alpha value is -1.70. The minimum atomic E-state index is -3.57. The van der Waals surface area contributed by atoms with Gasteiger partial charge in [0.2, 0.25) is 0 Å². The summed E-state index contributed by atoms with van der Waals surface area (Å²) < 4.78 is 23.4. The van der Waals surface area contributed by atoms with Gasteiger partial charge in [0.05, 0.1) is 24.6 Å². The standard InChI is InChI=1S/C12H18N4O3S/c1-4-5-13-10-7-14-9(6-15-10)8-16-11(17)12(2,3)20(16,18)19/h6-7H,4-5,8H2,1-3H3,(H,13,15). The van der Waals surface area contributed by atoms with Gasteiger partial charge in [0.1, 0.15) is 5.82 Å². The summed E-state index contributed by atoms with van der Waals surface area (Å²) in [5.74, 6) is 0.223. The Morgan fingerprint density at radius 2 is 2.00 bits per heavy atom. The van der Waals surface area contributed by atoms with Crippen molar-refractivity contribution in [2.75, 3.05) is 11.9 Å². The molecule has 1 amide bonds. The van der Waals surface area contributed by atoms with Gasteiger partial charge in [-0.05, 0) is 20.3 Å². The van der Waals surface area contributed by atoms with Crippen LogP contribution < -0.4 is 5.32 Å². The third-order valence-corrected chi connectivity index (χ3v) is 5.58. The smallest absolute Gasteiger partial charge is 0.259 e. The molecule has 0 atom stereocenters. The van der Waals surface area contributed by atoms with Crippen LogP contribution in [0.5, 0.6) is 0 Å². The van der Waals surface area contributed by atoms with Crippen LogP contribution in [0.25, 0.3) is 0 Å². The maximum atomic E-state index is 11.9. The van der Waals surface area contributed by atoms with Gasteiger partial charge in [-0.3, -0.25) is 9.78 Å². The number of carbonyl (C=O) groups is 1. The van der Waals surface area contributed by atoms with Gasteiger partial charge < -0.3 is 5.32 Å². The van der Waals surface area contributed by atoms with Crippen molar-refractivity contribution in [3.05, 3.63) is 18.1 Å². The molecule has 0 radical (unpaired) electrons. The normalized spacial score (nSPS) is 19.6. The average molecular weight is 298 g/mol. The number of aromatic nitrogens is 2. The Morgan fingerprint density at radius 1 is 1.30 bits per heavy atom. The SMILES string of the molecule is CCCNc1cnc(CN2C(=O)C(C)(C)S2(=O)=O)cn1. The molecule has 0 bridgehead atoms. The third-order valence-electron chi connectivity index (χ3n) is 3.24. The summed E-state index contributed by atoms with van der Waals surface area (Å²) >= 11 is 0. The fourth-order valence-corrected chi connectivity index (χ4v) is 3.34.